The molecule has 3 rings (SSSR count). The normalized spacial score (nSPS) is 17.3. The van der Waals surface area contributed by atoms with Crippen LogP contribution in [-0.4, -0.2) is 37.6 Å². The SMILES string of the molecule is O=C(N[C@@H](Cc1ccccc1)C(=O)NC[C@@H]1CCOC1)c1ccc(Cl)cc1. The lowest BCUT2D eigenvalue weighted by atomic mass is 10.0. The van der Waals surface area contributed by atoms with Crippen LogP contribution >= 0.6 is 11.6 Å². The summed E-state index contributed by atoms with van der Waals surface area (Å²) in [5.41, 5.74) is 1.45. The van der Waals surface area contributed by atoms with Crippen molar-refractivity contribution < 1.29 is 14.3 Å². The molecule has 0 bridgehead atoms. The molecule has 0 saturated carbocycles. The lowest BCUT2D eigenvalue weighted by Crippen LogP contribution is -2.49. The number of ether oxygens (including phenoxy) is 1. The summed E-state index contributed by atoms with van der Waals surface area (Å²) in [6, 6.07) is 15.6. The van der Waals surface area contributed by atoms with Gasteiger partial charge in [0.15, 0.2) is 0 Å². The molecule has 2 aromatic rings. The first-order chi connectivity index (χ1) is 13.1. The van der Waals surface area contributed by atoms with E-state index < -0.39 is 6.04 Å². The Morgan fingerprint density at radius 2 is 1.85 bits per heavy atom. The molecule has 2 amide bonds. The fourth-order valence-corrected chi connectivity index (χ4v) is 3.14. The number of halogens is 1. The number of amides is 2. The van der Waals surface area contributed by atoms with Gasteiger partial charge < -0.3 is 15.4 Å². The van der Waals surface area contributed by atoms with Gasteiger partial charge in [0.05, 0.1) is 6.61 Å². The zero-order valence-corrected chi connectivity index (χ0v) is 15.7. The molecular formula is C21H23ClN2O3. The van der Waals surface area contributed by atoms with Crippen LogP contribution in [0.25, 0.3) is 0 Å². The average Bonchev–Trinajstić information content (AvgIpc) is 3.20. The molecule has 0 unspecified atom stereocenters. The zero-order valence-electron chi connectivity index (χ0n) is 15.0. The monoisotopic (exact) mass is 386 g/mol. The molecule has 5 nitrogen and oxygen atoms in total. The molecule has 0 aliphatic carbocycles. The molecule has 6 heteroatoms. The Balaban J connectivity index is 1.67. The number of benzene rings is 2. The maximum absolute atomic E-state index is 12.7. The van der Waals surface area contributed by atoms with Gasteiger partial charge in [0, 0.05) is 36.1 Å². The van der Waals surface area contributed by atoms with Crippen LogP contribution in [0.3, 0.4) is 0 Å². The van der Waals surface area contributed by atoms with Gasteiger partial charge in [-0.25, -0.2) is 0 Å². The van der Waals surface area contributed by atoms with E-state index in [-0.39, 0.29) is 11.8 Å². The van der Waals surface area contributed by atoms with Gasteiger partial charge in [-0.1, -0.05) is 41.9 Å². The Kier molecular flexibility index (Phi) is 6.85. The van der Waals surface area contributed by atoms with Gasteiger partial charge in [-0.05, 0) is 36.2 Å². The molecule has 2 atom stereocenters. The summed E-state index contributed by atoms with van der Waals surface area (Å²) >= 11 is 5.88. The molecular weight excluding hydrogens is 364 g/mol. The molecule has 2 N–H and O–H groups in total. The highest BCUT2D eigenvalue weighted by atomic mass is 35.5. The third-order valence-electron chi connectivity index (χ3n) is 4.60. The molecule has 0 radical (unpaired) electrons. The second-order valence-corrected chi connectivity index (χ2v) is 7.13. The second-order valence-electron chi connectivity index (χ2n) is 6.70. The van der Waals surface area contributed by atoms with E-state index in [1.165, 1.54) is 0 Å². The predicted molar refractivity (Wildman–Crippen MR) is 105 cm³/mol. The summed E-state index contributed by atoms with van der Waals surface area (Å²) in [5.74, 6) is -0.154. The fourth-order valence-electron chi connectivity index (χ4n) is 3.01. The first-order valence-corrected chi connectivity index (χ1v) is 9.45. The number of nitrogens with one attached hydrogen (secondary N) is 2. The van der Waals surface area contributed by atoms with Gasteiger partial charge in [0.1, 0.15) is 6.04 Å². The number of hydrogen-bond acceptors (Lipinski definition) is 3. The lowest BCUT2D eigenvalue weighted by molar-refractivity contribution is -0.123. The second kappa shape index (κ2) is 9.53. The predicted octanol–water partition coefficient (Wildman–Crippen LogP) is 2.83. The Bertz CT molecular complexity index is 759. The Morgan fingerprint density at radius 3 is 2.52 bits per heavy atom. The van der Waals surface area contributed by atoms with E-state index in [9.17, 15) is 9.59 Å². The Labute approximate surface area is 164 Å². The van der Waals surface area contributed by atoms with Crippen LogP contribution in [0.2, 0.25) is 5.02 Å². The van der Waals surface area contributed by atoms with Crippen molar-refractivity contribution in [2.24, 2.45) is 5.92 Å². The standard InChI is InChI=1S/C21H23ClN2O3/c22-18-8-6-17(7-9-18)20(25)24-19(12-15-4-2-1-3-5-15)21(26)23-13-16-10-11-27-14-16/h1-9,16,19H,10-14H2,(H,23,26)(H,24,25)/t16-,19-/m0/s1. The van der Waals surface area contributed by atoms with Crippen molar-refractivity contribution in [2.45, 2.75) is 18.9 Å². The first kappa shape index (κ1) is 19.4. The van der Waals surface area contributed by atoms with Crippen LogP contribution in [0.5, 0.6) is 0 Å². The molecule has 27 heavy (non-hydrogen) atoms. The van der Waals surface area contributed by atoms with E-state index in [0.29, 0.717) is 36.1 Å². The Hall–Kier alpha value is -2.37. The minimum atomic E-state index is -0.655. The summed E-state index contributed by atoms with van der Waals surface area (Å²) in [4.78, 5) is 25.3. The highest BCUT2D eigenvalue weighted by Gasteiger charge is 2.24. The minimum absolute atomic E-state index is 0.187. The van der Waals surface area contributed by atoms with E-state index >= 15 is 0 Å². The summed E-state index contributed by atoms with van der Waals surface area (Å²) in [6.45, 7) is 1.96. The third-order valence-corrected chi connectivity index (χ3v) is 4.85. The zero-order chi connectivity index (χ0) is 19.1. The molecule has 1 aliphatic heterocycles. The van der Waals surface area contributed by atoms with E-state index in [1.807, 2.05) is 30.3 Å². The van der Waals surface area contributed by atoms with Gasteiger partial charge in [0.2, 0.25) is 5.91 Å². The maximum atomic E-state index is 12.7. The van der Waals surface area contributed by atoms with Crippen molar-refractivity contribution in [3.8, 4) is 0 Å². The van der Waals surface area contributed by atoms with Crippen molar-refractivity contribution in [3.63, 3.8) is 0 Å². The van der Waals surface area contributed by atoms with Crippen molar-refractivity contribution in [1.29, 1.82) is 0 Å². The van der Waals surface area contributed by atoms with Crippen LogP contribution in [0, 0.1) is 5.92 Å². The summed E-state index contributed by atoms with van der Waals surface area (Å²) in [5, 5.41) is 6.37. The van der Waals surface area contributed by atoms with Crippen LogP contribution in [0.1, 0.15) is 22.3 Å². The Morgan fingerprint density at radius 1 is 1.11 bits per heavy atom. The van der Waals surface area contributed by atoms with Gasteiger partial charge in [-0.3, -0.25) is 9.59 Å². The van der Waals surface area contributed by atoms with Gasteiger partial charge in [0.25, 0.3) is 5.91 Å². The van der Waals surface area contributed by atoms with Crippen molar-refractivity contribution >= 4 is 23.4 Å². The van der Waals surface area contributed by atoms with Crippen molar-refractivity contribution in [2.75, 3.05) is 19.8 Å². The van der Waals surface area contributed by atoms with E-state index in [0.717, 1.165) is 18.6 Å². The van der Waals surface area contributed by atoms with Crippen molar-refractivity contribution in [1.82, 2.24) is 10.6 Å². The fraction of sp³-hybridized carbons (Fsp3) is 0.333. The number of rotatable bonds is 7. The average molecular weight is 387 g/mol. The molecule has 1 aliphatic rings. The minimum Gasteiger partial charge on any atom is -0.381 e. The molecule has 1 fully saturated rings. The van der Waals surface area contributed by atoms with E-state index in [2.05, 4.69) is 10.6 Å². The summed E-state index contributed by atoms with van der Waals surface area (Å²) in [7, 11) is 0. The highest BCUT2D eigenvalue weighted by molar-refractivity contribution is 6.30. The maximum Gasteiger partial charge on any atom is 0.251 e. The highest BCUT2D eigenvalue weighted by Crippen LogP contribution is 2.12. The largest absolute Gasteiger partial charge is 0.381 e. The van der Waals surface area contributed by atoms with Crippen LogP contribution in [0.15, 0.2) is 54.6 Å². The third kappa shape index (κ3) is 5.81. The molecule has 2 aromatic carbocycles. The molecule has 0 aromatic heterocycles. The quantitative estimate of drug-likeness (QED) is 0.768. The smallest absolute Gasteiger partial charge is 0.251 e. The molecule has 142 valence electrons. The topological polar surface area (TPSA) is 67.4 Å². The molecule has 1 heterocycles. The van der Waals surface area contributed by atoms with Crippen LogP contribution in [-0.2, 0) is 16.0 Å². The van der Waals surface area contributed by atoms with E-state index in [1.54, 1.807) is 24.3 Å². The van der Waals surface area contributed by atoms with Crippen molar-refractivity contribution in [3.05, 3.63) is 70.7 Å². The summed E-state index contributed by atoms with van der Waals surface area (Å²) in [6.07, 6.45) is 1.37. The number of carbonyl (C=O) groups excluding carboxylic acids is 2. The molecule has 0 spiro atoms. The lowest BCUT2D eigenvalue weighted by Gasteiger charge is -2.20. The molecule has 1 saturated heterocycles. The van der Waals surface area contributed by atoms with E-state index in [4.69, 9.17) is 16.3 Å². The van der Waals surface area contributed by atoms with Crippen LogP contribution in [0.4, 0.5) is 0 Å². The summed E-state index contributed by atoms with van der Waals surface area (Å²) < 4.78 is 5.35. The number of carbonyl (C=O) groups is 2. The van der Waals surface area contributed by atoms with Gasteiger partial charge in [-0.15, -0.1) is 0 Å². The first-order valence-electron chi connectivity index (χ1n) is 9.07. The number of hydrogen-bond donors (Lipinski definition) is 2. The van der Waals surface area contributed by atoms with Gasteiger partial charge >= 0.3 is 0 Å². The van der Waals surface area contributed by atoms with Crippen LogP contribution < -0.4 is 10.6 Å². The van der Waals surface area contributed by atoms with Gasteiger partial charge in [-0.2, -0.15) is 0 Å².